The molecule has 0 bridgehead atoms. The van der Waals surface area contributed by atoms with Gasteiger partial charge < -0.3 is 10.2 Å². The van der Waals surface area contributed by atoms with Crippen LogP contribution in [-0.2, 0) is 20.0 Å². The first-order valence-corrected chi connectivity index (χ1v) is 5.67. The molecule has 0 unspecified atom stereocenters. The zero-order valence-electron chi connectivity index (χ0n) is 10.1. The van der Waals surface area contributed by atoms with Gasteiger partial charge in [0, 0.05) is 26.7 Å². The van der Waals surface area contributed by atoms with Crippen LogP contribution >= 0.6 is 0 Å². The van der Waals surface area contributed by atoms with Crippen LogP contribution in [0.2, 0.25) is 0 Å². The molecule has 2 N–H and O–H groups in total. The summed E-state index contributed by atoms with van der Waals surface area (Å²) in [6.45, 7) is 4.16. The zero-order chi connectivity index (χ0) is 12.0. The van der Waals surface area contributed by atoms with Crippen molar-refractivity contribution >= 4 is 0 Å². The lowest BCUT2D eigenvalue weighted by atomic mass is 10.3. The molecule has 0 aromatic carbocycles. The first-order chi connectivity index (χ1) is 7.71. The third-order valence-electron chi connectivity index (χ3n) is 2.61. The maximum Gasteiger partial charge on any atom is 0.0625 e. The third kappa shape index (κ3) is 3.59. The van der Waals surface area contributed by atoms with Crippen molar-refractivity contribution in [2.45, 2.75) is 19.9 Å². The molecule has 0 saturated carbocycles. The lowest BCUT2D eigenvalue weighted by molar-refractivity contribution is 0.153. The second-order valence-corrected chi connectivity index (χ2v) is 3.83. The summed E-state index contributed by atoms with van der Waals surface area (Å²) >= 11 is 0. The fourth-order valence-electron chi connectivity index (χ4n) is 1.67. The molecule has 0 amide bonds. The number of hydrogen-bond acceptors (Lipinski definition) is 4. The maximum atomic E-state index is 8.92. The molecular weight excluding hydrogens is 206 g/mol. The van der Waals surface area contributed by atoms with Gasteiger partial charge in [-0.05, 0) is 12.5 Å². The van der Waals surface area contributed by atoms with Gasteiger partial charge in [0.05, 0.1) is 24.6 Å². The molecule has 0 saturated heterocycles. The predicted molar refractivity (Wildman–Crippen MR) is 62.0 cm³/mol. The second kappa shape index (κ2) is 6.62. The Morgan fingerprint density at radius 3 is 2.38 bits per heavy atom. The van der Waals surface area contributed by atoms with Crippen molar-refractivity contribution in [1.29, 1.82) is 0 Å². The molecule has 5 heteroatoms. The normalized spacial score (nSPS) is 11.3. The molecule has 0 aliphatic rings. The summed E-state index contributed by atoms with van der Waals surface area (Å²) in [5.74, 6) is 0. The predicted octanol–water partition coefficient (Wildman–Crippen LogP) is -0.231. The molecule has 0 aliphatic carbocycles. The first-order valence-electron chi connectivity index (χ1n) is 5.67. The highest BCUT2D eigenvalue weighted by molar-refractivity contribution is 5.10. The van der Waals surface area contributed by atoms with Crippen molar-refractivity contribution in [3.8, 4) is 0 Å². The minimum absolute atomic E-state index is 0.110. The average Bonchev–Trinajstić information content (AvgIpc) is 2.60. The highest BCUT2D eigenvalue weighted by atomic mass is 16.3. The standard InChI is InChI=1S/C11H21N3O2/c1-3-10-8-11(13(2)12-10)9-14(4-6-15)5-7-16/h8,15-16H,3-7,9H2,1-2H3. The zero-order valence-corrected chi connectivity index (χ0v) is 10.1. The molecule has 0 radical (unpaired) electrons. The molecule has 1 aromatic rings. The summed E-state index contributed by atoms with van der Waals surface area (Å²) in [5, 5.41) is 22.2. The van der Waals surface area contributed by atoms with Gasteiger partial charge in [-0.2, -0.15) is 5.10 Å². The van der Waals surface area contributed by atoms with Crippen molar-refractivity contribution in [3.63, 3.8) is 0 Å². The first kappa shape index (κ1) is 13.2. The Balaban J connectivity index is 2.64. The van der Waals surface area contributed by atoms with E-state index >= 15 is 0 Å². The molecule has 92 valence electrons. The number of rotatable bonds is 7. The van der Waals surface area contributed by atoms with E-state index in [1.807, 2.05) is 16.6 Å². The van der Waals surface area contributed by atoms with E-state index in [0.29, 0.717) is 19.6 Å². The molecule has 16 heavy (non-hydrogen) atoms. The number of aliphatic hydroxyl groups excluding tert-OH is 2. The van der Waals surface area contributed by atoms with Crippen LogP contribution in [0.15, 0.2) is 6.07 Å². The van der Waals surface area contributed by atoms with Crippen LogP contribution in [0.3, 0.4) is 0 Å². The molecule has 1 aromatic heterocycles. The fourth-order valence-corrected chi connectivity index (χ4v) is 1.67. The Morgan fingerprint density at radius 1 is 1.31 bits per heavy atom. The van der Waals surface area contributed by atoms with Crippen LogP contribution in [0.5, 0.6) is 0 Å². The molecule has 1 heterocycles. The van der Waals surface area contributed by atoms with Gasteiger partial charge in [-0.1, -0.05) is 6.92 Å². The van der Waals surface area contributed by atoms with E-state index in [2.05, 4.69) is 18.1 Å². The molecule has 1 rings (SSSR count). The van der Waals surface area contributed by atoms with Crippen LogP contribution in [0.25, 0.3) is 0 Å². The van der Waals surface area contributed by atoms with E-state index in [1.54, 1.807) is 0 Å². The van der Waals surface area contributed by atoms with Gasteiger partial charge >= 0.3 is 0 Å². The number of aromatic nitrogens is 2. The van der Waals surface area contributed by atoms with E-state index in [1.165, 1.54) is 0 Å². The third-order valence-corrected chi connectivity index (χ3v) is 2.61. The lowest BCUT2D eigenvalue weighted by Crippen LogP contribution is -2.30. The van der Waals surface area contributed by atoms with Crippen LogP contribution in [0.1, 0.15) is 18.3 Å². The summed E-state index contributed by atoms with van der Waals surface area (Å²) in [6, 6.07) is 2.07. The maximum absolute atomic E-state index is 8.92. The van der Waals surface area contributed by atoms with E-state index in [4.69, 9.17) is 10.2 Å². The van der Waals surface area contributed by atoms with Gasteiger partial charge in [-0.15, -0.1) is 0 Å². The second-order valence-electron chi connectivity index (χ2n) is 3.83. The highest BCUT2D eigenvalue weighted by Gasteiger charge is 2.09. The summed E-state index contributed by atoms with van der Waals surface area (Å²) in [4.78, 5) is 2.01. The van der Waals surface area contributed by atoms with Crippen molar-refractivity contribution < 1.29 is 10.2 Å². The number of aliphatic hydroxyl groups is 2. The SMILES string of the molecule is CCc1cc(CN(CCO)CCO)n(C)n1. The topological polar surface area (TPSA) is 61.5 Å². The van der Waals surface area contributed by atoms with Gasteiger partial charge in [0.25, 0.3) is 0 Å². The summed E-state index contributed by atoms with van der Waals surface area (Å²) in [6.07, 6.45) is 0.924. The van der Waals surface area contributed by atoms with E-state index in [-0.39, 0.29) is 13.2 Å². The van der Waals surface area contributed by atoms with Crippen molar-refractivity contribution in [1.82, 2.24) is 14.7 Å². The van der Waals surface area contributed by atoms with Crippen LogP contribution < -0.4 is 0 Å². The summed E-state index contributed by atoms with van der Waals surface area (Å²) < 4.78 is 1.86. The largest absolute Gasteiger partial charge is 0.395 e. The van der Waals surface area contributed by atoms with Crippen LogP contribution in [0, 0.1) is 0 Å². The van der Waals surface area contributed by atoms with Gasteiger partial charge in [0.2, 0.25) is 0 Å². The van der Waals surface area contributed by atoms with E-state index in [9.17, 15) is 0 Å². The number of nitrogens with zero attached hydrogens (tertiary/aromatic N) is 3. The van der Waals surface area contributed by atoms with E-state index < -0.39 is 0 Å². The van der Waals surface area contributed by atoms with Gasteiger partial charge in [0.15, 0.2) is 0 Å². The summed E-state index contributed by atoms with van der Waals surface area (Å²) in [7, 11) is 1.92. The molecule has 0 atom stereocenters. The van der Waals surface area contributed by atoms with Gasteiger partial charge in [-0.25, -0.2) is 0 Å². The van der Waals surface area contributed by atoms with Crippen LogP contribution in [-0.4, -0.2) is 51.2 Å². The lowest BCUT2D eigenvalue weighted by Gasteiger charge is -2.19. The van der Waals surface area contributed by atoms with E-state index in [0.717, 1.165) is 17.8 Å². The van der Waals surface area contributed by atoms with Gasteiger partial charge in [0.1, 0.15) is 0 Å². The van der Waals surface area contributed by atoms with Crippen molar-refractivity contribution in [3.05, 3.63) is 17.5 Å². The Bertz CT molecular complexity index is 306. The molecular formula is C11H21N3O2. The molecule has 0 fully saturated rings. The Labute approximate surface area is 96.3 Å². The Kier molecular flexibility index (Phi) is 5.45. The fraction of sp³-hybridized carbons (Fsp3) is 0.727. The number of hydrogen-bond donors (Lipinski definition) is 2. The van der Waals surface area contributed by atoms with Crippen molar-refractivity contribution in [2.75, 3.05) is 26.3 Å². The Hall–Kier alpha value is -0.910. The van der Waals surface area contributed by atoms with Crippen molar-refractivity contribution in [2.24, 2.45) is 7.05 Å². The van der Waals surface area contributed by atoms with Crippen LogP contribution in [0.4, 0.5) is 0 Å². The number of aryl methyl sites for hydroxylation is 2. The molecule has 0 aliphatic heterocycles. The molecule has 0 spiro atoms. The smallest absolute Gasteiger partial charge is 0.0625 e. The minimum Gasteiger partial charge on any atom is -0.395 e. The monoisotopic (exact) mass is 227 g/mol. The summed E-state index contributed by atoms with van der Waals surface area (Å²) in [5.41, 5.74) is 2.18. The quantitative estimate of drug-likeness (QED) is 0.675. The van der Waals surface area contributed by atoms with Gasteiger partial charge in [-0.3, -0.25) is 9.58 Å². The average molecular weight is 227 g/mol. The molecule has 5 nitrogen and oxygen atoms in total. The Morgan fingerprint density at radius 2 is 1.94 bits per heavy atom. The minimum atomic E-state index is 0.110. The highest BCUT2D eigenvalue weighted by Crippen LogP contribution is 2.07.